The van der Waals surface area contributed by atoms with E-state index in [0.717, 1.165) is 11.1 Å². The van der Waals surface area contributed by atoms with Crippen LogP contribution in [-0.4, -0.2) is 25.0 Å². The van der Waals surface area contributed by atoms with Gasteiger partial charge in [0.25, 0.3) is 0 Å². The summed E-state index contributed by atoms with van der Waals surface area (Å²) in [6.07, 6.45) is 2.84. The zero-order valence-electron chi connectivity index (χ0n) is 11.6. The summed E-state index contributed by atoms with van der Waals surface area (Å²) in [4.78, 5) is 4.28. The van der Waals surface area contributed by atoms with Crippen LogP contribution in [0.3, 0.4) is 0 Å². The normalized spacial score (nSPS) is 11.8. The van der Waals surface area contributed by atoms with Gasteiger partial charge in [0.05, 0.1) is 22.0 Å². The number of rotatable bonds is 6. The highest BCUT2D eigenvalue weighted by Crippen LogP contribution is 2.33. The molecule has 0 fully saturated rings. The number of nitrogens with zero attached hydrogens (tertiary/aromatic N) is 1. The molecule has 1 aromatic heterocycles. The maximum absolute atomic E-state index is 12.1. The quantitative estimate of drug-likeness (QED) is 0.636. The van der Waals surface area contributed by atoms with Crippen molar-refractivity contribution in [3.8, 4) is 0 Å². The van der Waals surface area contributed by atoms with E-state index in [1.54, 1.807) is 24.4 Å². The Morgan fingerprint density at radius 1 is 1.33 bits per heavy atom. The molecule has 2 aromatic rings. The summed E-state index contributed by atoms with van der Waals surface area (Å²) in [5.74, 6) is 0.472. The van der Waals surface area contributed by atoms with Gasteiger partial charge in [0.1, 0.15) is 0 Å². The number of unbranched alkanes of at least 4 members (excludes halogenated alkanes) is 1. The van der Waals surface area contributed by atoms with Crippen molar-refractivity contribution >= 4 is 49.8 Å². The third-order valence-corrected chi connectivity index (χ3v) is 4.99. The molecule has 4 nitrogen and oxygen atoms in total. The number of sulfonamides is 1. The molecular formula is C14H16Cl2N2O2S. The highest BCUT2D eigenvalue weighted by Gasteiger charge is 2.16. The number of hydrogen-bond donors (Lipinski definition) is 1. The van der Waals surface area contributed by atoms with E-state index >= 15 is 0 Å². The standard InChI is InChI=1S/C14H16Cl2N2O2S/c1-10-9-12(16)14(11-5-4-7-17-13(10)11)18-21(19,20)8-3-2-6-15/h4-5,7,9,18H,2-3,6,8H2,1H3. The minimum absolute atomic E-state index is 0.0195. The molecule has 0 aliphatic heterocycles. The van der Waals surface area contributed by atoms with Crippen molar-refractivity contribution in [3.05, 3.63) is 35.0 Å². The Morgan fingerprint density at radius 2 is 2.10 bits per heavy atom. The van der Waals surface area contributed by atoms with Crippen LogP contribution in [0, 0.1) is 6.92 Å². The van der Waals surface area contributed by atoms with Gasteiger partial charge in [-0.25, -0.2) is 8.42 Å². The number of alkyl halides is 1. The van der Waals surface area contributed by atoms with Gasteiger partial charge in [-0.1, -0.05) is 11.6 Å². The second-order valence-electron chi connectivity index (χ2n) is 4.77. The monoisotopic (exact) mass is 346 g/mol. The molecule has 0 saturated carbocycles. The topological polar surface area (TPSA) is 59.1 Å². The maximum atomic E-state index is 12.1. The molecule has 1 aromatic carbocycles. The Hall–Kier alpha value is -1.04. The zero-order valence-corrected chi connectivity index (χ0v) is 13.9. The van der Waals surface area contributed by atoms with E-state index in [1.165, 1.54) is 0 Å². The lowest BCUT2D eigenvalue weighted by Crippen LogP contribution is -2.17. The number of hydrogen-bond acceptors (Lipinski definition) is 3. The van der Waals surface area contributed by atoms with Crippen molar-refractivity contribution < 1.29 is 8.42 Å². The molecule has 0 bridgehead atoms. The molecule has 0 aliphatic rings. The van der Waals surface area contributed by atoms with E-state index in [4.69, 9.17) is 23.2 Å². The fraction of sp³-hybridized carbons (Fsp3) is 0.357. The van der Waals surface area contributed by atoms with Gasteiger partial charge in [-0.3, -0.25) is 9.71 Å². The van der Waals surface area contributed by atoms with Gasteiger partial charge in [0.2, 0.25) is 10.0 Å². The molecule has 0 aliphatic carbocycles. The molecule has 21 heavy (non-hydrogen) atoms. The summed E-state index contributed by atoms with van der Waals surface area (Å²) in [5, 5.41) is 1.07. The molecule has 0 spiro atoms. The van der Waals surface area contributed by atoms with Gasteiger partial charge in [0.15, 0.2) is 0 Å². The van der Waals surface area contributed by atoms with Gasteiger partial charge in [-0.15, -0.1) is 11.6 Å². The van der Waals surface area contributed by atoms with Crippen molar-refractivity contribution in [2.24, 2.45) is 0 Å². The van der Waals surface area contributed by atoms with Crippen LogP contribution < -0.4 is 4.72 Å². The second kappa shape index (κ2) is 6.81. The van der Waals surface area contributed by atoms with E-state index in [9.17, 15) is 8.42 Å². The third-order valence-electron chi connectivity index (χ3n) is 3.09. The van der Waals surface area contributed by atoms with E-state index in [-0.39, 0.29) is 5.75 Å². The molecule has 2 rings (SSSR count). The van der Waals surface area contributed by atoms with Gasteiger partial charge in [0, 0.05) is 17.5 Å². The first-order chi connectivity index (χ1) is 9.94. The Balaban J connectivity index is 2.38. The number of anilines is 1. The Bertz CT molecular complexity index is 748. The highest BCUT2D eigenvalue weighted by atomic mass is 35.5. The predicted octanol–water partition coefficient (Wildman–Crippen LogP) is 3.96. The Morgan fingerprint density at radius 3 is 2.81 bits per heavy atom. The summed E-state index contributed by atoms with van der Waals surface area (Å²) in [7, 11) is -3.45. The minimum Gasteiger partial charge on any atom is -0.281 e. The van der Waals surface area contributed by atoms with Gasteiger partial charge in [-0.05, 0) is 43.5 Å². The molecular weight excluding hydrogens is 331 g/mol. The van der Waals surface area contributed by atoms with Crippen molar-refractivity contribution in [3.63, 3.8) is 0 Å². The van der Waals surface area contributed by atoms with Crippen molar-refractivity contribution in [2.75, 3.05) is 16.4 Å². The summed E-state index contributed by atoms with van der Waals surface area (Å²) >= 11 is 11.8. The molecule has 1 heterocycles. The largest absolute Gasteiger partial charge is 0.281 e. The lowest BCUT2D eigenvalue weighted by atomic mass is 10.1. The fourth-order valence-corrected chi connectivity index (χ4v) is 3.85. The van der Waals surface area contributed by atoms with Gasteiger partial charge < -0.3 is 0 Å². The van der Waals surface area contributed by atoms with E-state index < -0.39 is 10.0 Å². The smallest absolute Gasteiger partial charge is 0.232 e. The van der Waals surface area contributed by atoms with E-state index in [2.05, 4.69) is 9.71 Å². The van der Waals surface area contributed by atoms with Gasteiger partial charge >= 0.3 is 0 Å². The first-order valence-corrected chi connectivity index (χ1v) is 9.11. The molecule has 7 heteroatoms. The minimum atomic E-state index is -3.45. The first-order valence-electron chi connectivity index (χ1n) is 6.55. The lowest BCUT2D eigenvalue weighted by molar-refractivity contribution is 0.598. The first kappa shape index (κ1) is 16.3. The predicted molar refractivity (Wildman–Crippen MR) is 88.9 cm³/mol. The average Bonchev–Trinajstić information content (AvgIpc) is 2.44. The van der Waals surface area contributed by atoms with Crippen LogP contribution >= 0.6 is 23.2 Å². The molecule has 0 atom stereocenters. The molecule has 0 amide bonds. The van der Waals surface area contributed by atoms with Crippen LogP contribution in [0.1, 0.15) is 18.4 Å². The van der Waals surface area contributed by atoms with Crippen LogP contribution in [0.15, 0.2) is 24.4 Å². The van der Waals surface area contributed by atoms with Crippen molar-refractivity contribution in [1.82, 2.24) is 4.98 Å². The third kappa shape index (κ3) is 3.99. The fourth-order valence-electron chi connectivity index (χ4n) is 2.08. The summed E-state index contributed by atoms with van der Waals surface area (Å²) in [6.45, 7) is 1.89. The summed E-state index contributed by atoms with van der Waals surface area (Å²) in [6, 6.07) is 5.27. The number of fused-ring (bicyclic) bond motifs is 1. The molecule has 0 saturated heterocycles. The van der Waals surface area contributed by atoms with Crippen LogP contribution in [0.4, 0.5) is 5.69 Å². The summed E-state index contributed by atoms with van der Waals surface area (Å²) in [5.41, 5.74) is 2.03. The van der Waals surface area contributed by atoms with Crippen LogP contribution in [0.25, 0.3) is 10.9 Å². The summed E-state index contributed by atoms with van der Waals surface area (Å²) < 4.78 is 26.8. The molecule has 0 radical (unpaired) electrons. The zero-order chi connectivity index (χ0) is 15.5. The molecule has 1 N–H and O–H groups in total. The number of pyridine rings is 1. The second-order valence-corrected chi connectivity index (χ2v) is 7.39. The Kier molecular flexibility index (Phi) is 5.30. The SMILES string of the molecule is Cc1cc(Cl)c(NS(=O)(=O)CCCCCl)c2cccnc12. The number of nitrogens with one attached hydrogen (secondary N) is 1. The lowest BCUT2D eigenvalue weighted by Gasteiger charge is -2.13. The average molecular weight is 347 g/mol. The van der Waals surface area contributed by atoms with Crippen LogP contribution in [-0.2, 0) is 10.0 Å². The maximum Gasteiger partial charge on any atom is 0.232 e. The van der Waals surface area contributed by atoms with Gasteiger partial charge in [-0.2, -0.15) is 0 Å². The van der Waals surface area contributed by atoms with E-state index in [1.807, 2.05) is 6.92 Å². The number of halogens is 2. The van der Waals surface area contributed by atoms with Crippen LogP contribution in [0.2, 0.25) is 5.02 Å². The number of benzene rings is 1. The van der Waals surface area contributed by atoms with Crippen molar-refractivity contribution in [2.45, 2.75) is 19.8 Å². The van der Waals surface area contributed by atoms with Crippen LogP contribution in [0.5, 0.6) is 0 Å². The van der Waals surface area contributed by atoms with E-state index in [0.29, 0.717) is 34.8 Å². The Labute approximate surface area is 134 Å². The van der Waals surface area contributed by atoms with Crippen molar-refractivity contribution in [1.29, 1.82) is 0 Å². The molecule has 0 unspecified atom stereocenters. The highest BCUT2D eigenvalue weighted by molar-refractivity contribution is 7.92. The number of aromatic nitrogens is 1. The molecule has 114 valence electrons. The number of aryl methyl sites for hydroxylation is 1.